The van der Waals surface area contributed by atoms with Gasteiger partial charge in [0.25, 0.3) is 0 Å². The molecule has 19 heavy (non-hydrogen) atoms. The summed E-state index contributed by atoms with van der Waals surface area (Å²) >= 11 is 5.88. The molecule has 5 heteroatoms. The van der Waals surface area contributed by atoms with Crippen molar-refractivity contribution in [1.82, 2.24) is 20.1 Å². The summed E-state index contributed by atoms with van der Waals surface area (Å²) in [5.41, 5.74) is 1.22. The highest BCUT2D eigenvalue weighted by atomic mass is 35.5. The highest BCUT2D eigenvalue weighted by molar-refractivity contribution is 6.30. The summed E-state index contributed by atoms with van der Waals surface area (Å²) in [6, 6.07) is 8.11. The van der Waals surface area contributed by atoms with Gasteiger partial charge in [-0.05, 0) is 31.0 Å². The number of halogens is 1. The second kappa shape index (κ2) is 5.31. The van der Waals surface area contributed by atoms with Gasteiger partial charge in [-0.15, -0.1) is 10.2 Å². The molecule has 2 aromatic rings. The van der Waals surface area contributed by atoms with Crippen molar-refractivity contribution < 1.29 is 0 Å². The predicted molar refractivity (Wildman–Crippen MR) is 75.0 cm³/mol. The lowest BCUT2D eigenvalue weighted by atomic mass is 10.2. The molecule has 1 aliphatic rings. The monoisotopic (exact) mass is 276 g/mol. The summed E-state index contributed by atoms with van der Waals surface area (Å²) in [5, 5.41) is 12.8. The Morgan fingerprint density at radius 1 is 1.32 bits per heavy atom. The molecule has 4 nitrogen and oxygen atoms in total. The minimum absolute atomic E-state index is 0.204. The van der Waals surface area contributed by atoms with Crippen LogP contribution in [-0.2, 0) is 19.5 Å². The van der Waals surface area contributed by atoms with Crippen LogP contribution in [-0.4, -0.2) is 14.8 Å². The molecule has 1 unspecified atom stereocenters. The first-order valence-corrected chi connectivity index (χ1v) is 7.01. The highest BCUT2D eigenvalue weighted by Gasteiger charge is 2.20. The van der Waals surface area contributed by atoms with Crippen molar-refractivity contribution in [1.29, 1.82) is 0 Å². The van der Waals surface area contributed by atoms with E-state index in [1.807, 2.05) is 24.3 Å². The largest absolute Gasteiger partial charge is 0.314 e. The summed E-state index contributed by atoms with van der Waals surface area (Å²) < 4.78 is 2.24. The molecule has 1 atom stereocenters. The van der Waals surface area contributed by atoms with Crippen molar-refractivity contribution in [2.24, 2.45) is 0 Å². The molecule has 1 aromatic heterocycles. The normalized spacial score (nSPS) is 15.5. The van der Waals surface area contributed by atoms with Gasteiger partial charge in [-0.1, -0.05) is 23.7 Å². The van der Waals surface area contributed by atoms with Gasteiger partial charge in [-0.3, -0.25) is 0 Å². The van der Waals surface area contributed by atoms with Gasteiger partial charge >= 0.3 is 0 Å². The van der Waals surface area contributed by atoms with Crippen LogP contribution >= 0.6 is 11.6 Å². The number of hydrogen-bond donors (Lipinski definition) is 1. The van der Waals surface area contributed by atoms with E-state index >= 15 is 0 Å². The first kappa shape index (κ1) is 12.6. The molecule has 0 amide bonds. The van der Waals surface area contributed by atoms with Crippen molar-refractivity contribution in [3.63, 3.8) is 0 Å². The number of rotatable bonds is 4. The lowest BCUT2D eigenvalue weighted by Gasteiger charge is -2.13. The summed E-state index contributed by atoms with van der Waals surface area (Å²) in [5.74, 6) is 2.16. The van der Waals surface area contributed by atoms with Crippen molar-refractivity contribution in [3.05, 3.63) is 46.5 Å². The van der Waals surface area contributed by atoms with Crippen LogP contribution < -0.4 is 5.32 Å². The van der Waals surface area contributed by atoms with Crippen molar-refractivity contribution in [2.45, 2.75) is 38.9 Å². The number of fused-ring (bicyclic) bond motifs is 1. The third-order valence-electron chi connectivity index (χ3n) is 3.55. The van der Waals surface area contributed by atoms with Crippen LogP contribution in [0.4, 0.5) is 0 Å². The molecule has 1 aliphatic heterocycles. The van der Waals surface area contributed by atoms with Gasteiger partial charge in [0.15, 0.2) is 0 Å². The molecule has 0 saturated heterocycles. The Kier molecular flexibility index (Phi) is 3.53. The number of nitrogens with one attached hydrogen (secondary N) is 1. The Bertz CT molecular complexity index is 561. The topological polar surface area (TPSA) is 42.7 Å². The summed E-state index contributed by atoms with van der Waals surface area (Å²) in [7, 11) is 0. The fraction of sp³-hybridized carbons (Fsp3) is 0.429. The third-order valence-corrected chi connectivity index (χ3v) is 3.80. The quantitative estimate of drug-likeness (QED) is 0.934. The lowest BCUT2D eigenvalue weighted by molar-refractivity contribution is 0.516. The van der Waals surface area contributed by atoms with Crippen LogP contribution in [0, 0.1) is 0 Å². The van der Waals surface area contributed by atoms with Gasteiger partial charge < -0.3 is 9.88 Å². The Labute approximate surface area is 117 Å². The Hall–Kier alpha value is -1.39. The third kappa shape index (κ3) is 2.65. The number of aryl methyl sites for hydroxylation is 1. The summed E-state index contributed by atoms with van der Waals surface area (Å²) in [6.07, 6.45) is 2.23. The second-order valence-corrected chi connectivity index (χ2v) is 5.40. The molecule has 2 heterocycles. The molecule has 3 rings (SSSR count). The van der Waals surface area contributed by atoms with E-state index in [1.54, 1.807) is 0 Å². The molecule has 1 N–H and O–H groups in total. The smallest absolute Gasteiger partial charge is 0.149 e. The minimum atomic E-state index is 0.204. The number of hydrogen-bond acceptors (Lipinski definition) is 3. The molecule has 100 valence electrons. The molecule has 0 radical (unpaired) electrons. The van der Waals surface area contributed by atoms with E-state index in [0.29, 0.717) is 0 Å². The van der Waals surface area contributed by atoms with Crippen molar-refractivity contribution in [2.75, 3.05) is 0 Å². The summed E-state index contributed by atoms with van der Waals surface area (Å²) in [4.78, 5) is 0. The zero-order valence-electron chi connectivity index (χ0n) is 10.9. The highest BCUT2D eigenvalue weighted by Crippen LogP contribution is 2.19. The van der Waals surface area contributed by atoms with Crippen LogP contribution in [0.5, 0.6) is 0 Å². The number of nitrogens with zero attached hydrogens (tertiary/aromatic N) is 3. The Morgan fingerprint density at radius 2 is 2.11 bits per heavy atom. The molecular formula is C14H17ClN4. The average molecular weight is 277 g/mol. The maximum absolute atomic E-state index is 5.88. The first-order chi connectivity index (χ1) is 9.24. The predicted octanol–water partition coefficient (Wildman–Crippen LogP) is 2.73. The average Bonchev–Trinajstić information content (AvgIpc) is 3.00. The van der Waals surface area contributed by atoms with E-state index in [9.17, 15) is 0 Å². The fourth-order valence-electron chi connectivity index (χ4n) is 2.46. The zero-order chi connectivity index (χ0) is 13.2. The van der Waals surface area contributed by atoms with Crippen LogP contribution in [0.3, 0.4) is 0 Å². The second-order valence-electron chi connectivity index (χ2n) is 4.96. The van der Waals surface area contributed by atoms with E-state index in [1.165, 1.54) is 12.0 Å². The molecule has 0 fully saturated rings. The van der Waals surface area contributed by atoms with E-state index in [0.717, 1.165) is 36.2 Å². The molecule has 0 bridgehead atoms. The van der Waals surface area contributed by atoms with Crippen LogP contribution in [0.25, 0.3) is 0 Å². The van der Waals surface area contributed by atoms with Gasteiger partial charge in [-0.25, -0.2) is 0 Å². The van der Waals surface area contributed by atoms with Crippen molar-refractivity contribution >= 4 is 11.6 Å². The Balaban J connectivity index is 1.65. The maximum atomic E-state index is 5.88. The molecule has 0 spiro atoms. The minimum Gasteiger partial charge on any atom is -0.314 e. The van der Waals surface area contributed by atoms with Gasteiger partial charge in [0.2, 0.25) is 0 Å². The van der Waals surface area contributed by atoms with Crippen LogP contribution in [0.15, 0.2) is 24.3 Å². The zero-order valence-corrected chi connectivity index (χ0v) is 11.7. The number of benzene rings is 1. The Morgan fingerprint density at radius 3 is 2.89 bits per heavy atom. The van der Waals surface area contributed by atoms with Gasteiger partial charge in [0.1, 0.15) is 11.6 Å². The van der Waals surface area contributed by atoms with E-state index in [4.69, 9.17) is 11.6 Å². The van der Waals surface area contributed by atoms with Gasteiger partial charge in [0, 0.05) is 24.5 Å². The lowest BCUT2D eigenvalue weighted by Crippen LogP contribution is -2.21. The van der Waals surface area contributed by atoms with Crippen LogP contribution in [0.2, 0.25) is 5.02 Å². The molecule has 1 aromatic carbocycles. The number of aromatic nitrogens is 3. The van der Waals surface area contributed by atoms with E-state index in [-0.39, 0.29) is 6.04 Å². The SMILES string of the molecule is CC(NCc1ccc(Cl)cc1)c1nnc2n1CCC2. The van der Waals surface area contributed by atoms with Gasteiger partial charge in [0.05, 0.1) is 6.04 Å². The van der Waals surface area contributed by atoms with Crippen molar-refractivity contribution in [3.8, 4) is 0 Å². The standard InChI is InChI=1S/C14H17ClN4/c1-10(14-18-17-13-3-2-8-19(13)14)16-9-11-4-6-12(15)7-5-11/h4-7,10,16H,2-3,8-9H2,1H3. The van der Waals surface area contributed by atoms with Crippen LogP contribution in [0.1, 0.15) is 36.6 Å². The van der Waals surface area contributed by atoms with E-state index in [2.05, 4.69) is 27.0 Å². The van der Waals surface area contributed by atoms with Gasteiger partial charge in [-0.2, -0.15) is 0 Å². The van der Waals surface area contributed by atoms with E-state index < -0.39 is 0 Å². The summed E-state index contributed by atoms with van der Waals surface area (Å²) in [6.45, 7) is 3.98. The molecule has 0 aliphatic carbocycles. The first-order valence-electron chi connectivity index (χ1n) is 6.64. The fourth-order valence-corrected chi connectivity index (χ4v) is 2.58. The maximum Gasteiger partial charge on any atom is 0.149 e. The molecule has 0 saturated carbocycles. The molecular weight excluding hydrogens is 260 g/mol.